The van der Waals surface area contributed by atoms with Crippen molar-refractivity contribution in [2.45, 2.75) is 46.7 Å². The number of benzene rings is 2. The molecule has 18 nitrogen and oxygen atoms in total. The van der Waals surface area contributed by atoms with Gasteiger partial charge in [-0.05, 0) is 65.4 Å². The van der Waals surface area contributed by atoms with E-state index in [9.17, 15) is 27.2 Å². The molecule has 0 fully saturated rings. The molecule has 22 heteroatoms. The number of nitrogens with zero attached hydrogens (tertiary/aromatic N) is 8. The van der Waals surface area contributed by atoms with E-state index in [0.717, 1.165) is 16.7 Å². The number of aromatic nitrogens is 7. The Morgan fingerprint density at radius 2 is 1.27 bits per heavy atom. The summed E-state index contributed by atoms with van der Waals surface area (Å²) < 4.78 is 78.4. The lowest BCUT2D eigenvalue weighted by Gasteiger charge is -2.25. The largest absolute Gasteiger partial charge is 0.454 e. The zero-order chi connectivity index (χ0) is 52.0. The summed E-state index contributed by atoms with van der Waals surface area (Å²) in [6, 6.07) is 11.4. The van der Waals surface area contributed by atoms with Crippen LogP contribution in [0.1, 0.15) is 39.2 Å². The Morgan fingerprint density at radius 1 is 0.699 bits per heavy atom. The number of carbonyl (C=O) groups is 2. The van der Waals surface area contributed by atoms with Gasteiger partial charge in [-0.3, -0.25) is 29.3 Å². The van der Waals surface area contributed by atoms with Crippen LogP contribution in [0.3, 0.4) is 0 Å². The smallest absolute Gasteiger partial charge is 0.338 e. The molecule has 0 atom stereocenters. The number of hydrogen-bond acceptors (Lipinski definition) is 12. The summed E-state index contributed by atoms with van der Waals surface area (Å²) in [6.07, 6.45) is 18.5. The highest BCUT2D eigenvalue weighted by molar-refractivity contribution is 5.99. The molecule has 0 unspecified atom stereocenters. The first-order valence-corrected chi connectivity index (χ1v) is 22.8. The highest BCUT2D eigenvalue weighted by atomic mass is 19.2. The topological polar surface area (TPSA) is 208 Å². The molecule has 7 aromatic rings. The quantitative estimate of drug-likeness (QED) is 0.0540. The number of methoxy groups -OCH3 is 1. The van der Waals surface area contributed by atoms with Gasteiger partial charge in [0.2, 0.25) is 11.6 Å². The maximum Gasteiger partial charge on any atom is 0.338 e. The number of amides is 4. The molecule has 0 saturated heterocycles. The number of allylic oxidation sites excluding steroid dienone is 2. The van der Waals surface area contributed by atoms with E-state index in [1.165, 1.54) is 55.0 Å². The number of anilines is 3. The molecule has 5 N–H and O–H groups in total. The number of rotatable bonds is 17. The molecule has 0 saturated carbocycles. The van der Waals surface area contributed by atoms with Crippen LogP contribution >= 0.6 is 0 Å². The van der Waals surface area contributed by atoms with Crippen LogP contribution < -0.4 is 30.8 Å². The maximum atomic E-state index is 14.8. The van der Waals surface area contributed by atoms with Crippen molar-refractivity contribution in [3.63, 3.8) is 0 Å². The summed E-state index contributed by atoms with van der Waals surface area (Å²) in [5.41, 5.74) is 6.77. The van der Waals surface area contributed by atoms with Crippen LogP contribution in [0.4, 0.5) is 44.2 Å². The van der Waals surface area contributed by atoms with Gasteiger partial charge in [0.15, 0.2) is 23.1 Å². The summed E-state index contributed by atoms with van der Waals surface area (Å²) in [6.45, 7) is 9.87. The molecule has 0 aliphatic carbocycles. The summed E-state index contributed by atoms with van der Waals surface area (Å²) in [5, 5.41) is 26.2. The minimum absolute atomic E-state index is 0.0548. The molecule has 6 heterocycles. The SMILES string of the molecule is CC(C)C1=CN(NC(=O)Nc2ccc(Oc3ccnc(-c4cnn(CCO)c4)c3)c(F)c2F)CC=C1.COCCn1cc(-c2cc(Oc3ccc(NC(=O)Nc4cncc(C(C)C)c4)c(F)c3F)ccn2)cn1. The Labute approximate surface area is 417 Å². The zero-order valence-corrected chi connectivity index (χ0v) is 40.3. The predicted molar refractivity (Wildman–Crippen MR) is 265 cm³/mol. The lowest BCUT2D eigenvalue weighted by atomic mass is 10.0. The van der Waals surface area contributed by atoms with Crippen LogP contribution in [0, 0.1) is 29.2 Å². The molecular formula is C51H52F4N12O6. The third-order valence-corrected chi connectivity index (χ3v) is 10.7. The Bertz CT molecular complexity index is 3110. The van der Waals surface area contributed by atoms with E-state index in [1.807, 2.05) is 39.8 Å². The maximum absolute atomic E-state index is 14.8. The Morgan fingerprint density at radius 3 is 1.82 bits per heavy atom. The van der Waals surface area contributed by atoms with Gasteiger partial charge < -0.3 is 35.3 Å². The summed E-state index contributed by atoms with van der Waals surface area (Å²) in [4.78, 5) is 37.3. The Kier molecular flexibility index (Phi) is 17.5. The second kappa shape index (κ2) is 24.5. The first-order chi connectivity index (χ1) is 35.2. The third-order valence-electron chi connectivity index (χ3n) is 10.7. The first kappa shape index (κ1) is 52.2. The van der Waals surface area contributed by atoms with Gasteiger partial charge in [-0.1, -0.05) is 39.8 Å². The van der Waals surface area contributed by atoms with E-state index < -0.39 is 35.3 Å². The van der Waals surface area contributed by atoms with Crippen molar-refractivity contribution in [2.24, 2.45) is 5.92 Å². The molecular weight excluding hydrogens is 953 g/mol. The number of hydrazine groups is 1. The summed E-state index contributed by atoms with van der Waals surface area (Å²) in [5.74, 6) is -4.71. The van der Waals surface area contributed by atoms with Gasteiger partial charge in [0.25, 0.3) is 0 Å². The van der Waals surface area contributed by atoms with Gasteiger partial charge in [0.05, 0.1) is 79.9 Å². The highest BCUT2D eigenvalue weighted by Crippen LogP contribution is 2.33. The molecule has 2 aromatic carbocycles. The monoisotopic (exact) mass is 1000 g/mol. The molecule has 0 bridgehead atoms. The van der Waals surface area contributed by atoms with Crippen molar-refractivity contribution in [3.05, 3.63) is 157 Å². The van der Waals surface area contributed by atoms with Crippen molar-refractivity contribution in [3.8, 4) is 45.5 Å². The molecule has 73 heavy (non-hydrogen) atoms. The Balaban J connectivity index is 0.000000214. The third kappa shape index (κ3) is 14.0. The van der Waals surface area contributed by atoms with E-state index in [2.05, 4.69) is 46.5 Å². The molecule has 1 aliphatic rings. The lowest BCUT2D eigenvalue weighted by Crippen LogP contribution is -2.42. The average molecular weight is 1010 g/mol. The molecule has 380 valence electrons. The van der Waals surface area contributed by atoms with Crippen molar-refractivity contribution in [1.82, 2.24) is 44.9 Å². The molecule has 0 spiro atoms. The molecule has 8 rings (SSSR count). The van der Waals surface area contributed by atoms with E-state index in [0.29, 0.717) is 48.9 Å². The van der Waals surface area contributed by atoms with Gasteiger partial charge in [-0.25, -0.2) is 23.8 Å². The van der Waals surface area contributed by atoms with E-state index in [4.69, 9.17) is 19.3 Å². The summed E-state index contributed by atoms with van der Waals surface area (Å²) >= 11 is 0. The van der Waals surface area contributed by atoms with E-state index in [1.54, 1.807) is 76.9 Å². The second-order valence-electron chi connectivity index (χ2n) is 16.8. The van der Waals surface area contributed by atoms with Crippen molar-refractivity contribution in [2.75, 3.05) is 42.8 Å². The number of pyridine rings is 3. The number of hydrogen-bond donors (Lipinski definition) is 5. The van der Waals surface area contributed by atoms with Crippen LogP contribution in [0.2, 0.25) is 0 Å². The lowest BCUT2D eigenvalue weighted by molar-refractivity contribution is 0.183. The second-order valence-corrected chi connectivity index (χ2v) is 16.8. The van der Waals surface area contributed by atoms with Gasteiger partial charge in [0, 0.05) is 67.6 Å². The fraction of sp³-hybridized carbons (Fsp3) is 0.235. The molecule has 1 aliphatic heterocycles. The van der Waals surface area contributed by atoms with Crippen LogP contribution in [0.15, 0.2) is 128 Å². The number of urea groups is 2. The van der Waals surface area contributed by atoms with Gasteiger partial charge in [-0.15, -0.1) is 0 Å². The average Bonchev–Trinajstić information content (AvgIpc) is 4.07. The van der Waals surface area contributed by atoms with E-state index in [-0.39, 0.29) is 52.8 Å². The molecule has 0 radical (unpaired) electrons. The number of carbonyl (C=O) groups excluding carboxylic acids is 2. The van der Waals surface area contributed by atoms with Gasteiger partial charge in [-0.2, -0.15) is 19.0 Å². The minimum atomic E-state index is -1.25. The fourth-order valence-electron chi connectivity index (χ4n) is 6.86. The van der Waals surface area contributed by atoms with Gasteiger partial charge >= 0.3 is 12.1 Å². The Hall–Kier alpha value is -8.63. The summed E-state index contributed by atoms with van der Waals surface area (Å²) in [7, 11) is 1.61. The first-order valence-electron chi connectivity index (χ1n) is 22.8. The zero-order valence-electron chi connectivity index (χ0n) is 40.3. The standard InChI is InChI=1S/C26H26F2N6O3.C25H26F2N6O3/c1-16(2)17-10-19(14-29-12-17)32-26(35)33-21-4-5-23(25(28)24(21)27)37-20-6-7-30-22(11-20)18-13-31-34(15-18)8-9-36-3;1-16(2)17-4-3-9-33(14-17)31-25(35)30-20-5-6-22(24(27)23(20)26)36-19-7-8-28-21(12-19)18-13-29-32(15-18)10-11-34/h4-7,10-16H,8-9H2,1-3H3,(H2,32,33,35);3-8,12-16,34H,9-11H2,1-2H3,(H2,30,31,35). The molecule has 4 amide bonds. The van der Waals surface area contributed by atoms with Crippen LogP contribution in [-0.2, 0) is 17.8 Å². The van der Waals surface area contributed by atoms with Crippen molar-refractivity contribution < 1.29 is 46.5 Å². The predicted octanol–water partition coefficient (Wildman–Crippen LogP) is 10.3. The van der Waals surface area contributed by atoms with E-state index >= 15 is 0 Å². The van der Waals surface area contributed by atoms with Crippen LogP contribution in [-0.4, -0.2) is 83.6 Å². The van der Waals surface area contributed by atoms with Crippen molar-refractivity contribution in [1.29, 1.82) is 0 Å². The minimum Gasteiger partial charge on any atom is -0.454 e. The molecule has 5 aromatic heterocycles. The number of halogens is 4. The van der Waals surface area contributed by atoms with Crippen molar-refractivity contribution >= 4 is 29.1 Å². The fourth-order valence-corrected chi connectivity index (χ4v) is 6.86. The normalized spacial score (nSPS) is 12.0. The number of ether oxygens (including phenoxy) is 3. The van der Waals surface area contributed by atoms with Gasteiger partial charge in [0.1, 0.15) is 11.5 Å². The van der Waals surface area contributed by atoms with Crippen LogP contribution in [0.5, 0.6) is 23.0 Å². The number of aliphatic hydroxyl groups excluding tert-OH is 1. The highest BCUT2D eigenvalue weighted by Gasteiger charge is 2.20. The number of nitrogens with one attached hydrogen (secondary N) is 4. The van der Waals surface area contributed by atoms with Crippen LogP contribution in [0.25, 0.3) is 22.5 Å². The number of aliphatic hydroxyl groups is 1.